The SMILES string of the molecule is CCc1cc2c(=O)c(-c3nc4ccccc4s3)coc2c(CC2CCCCC2)c1O. The summed E-state index contributed by atoms with van der Waals surface area (Å²) < 4.78 is 7.08. The standard InChI is InChI=1S/C25H25NO3S/c1-2-16-13-18-23(28)19(25-26-20-10-6-7-11-21(20)30-25)14-29-24(18)17(22(16)27)12-15-8-4-3-5-9-15/h6-7,10-11,13-15,27H,2-5,8-9,12H2,1H3. The summed E-state index contributed by atoms with van der Waals surface area (Å²) in [6.45, 7) is 2.00. The van der Waals surface area contributed by atoms with Crippen molar-refractivity contribution in [2.24, 2.45) is 5.92 Å². The first-order valence-electron chi connectivity index (χ1n) is 10.8. The number of benzene rings is 2. The molecule has 0 atom stereocenters. The fourth-order valence-electron chi connectivity index (χ4n) is 4.67. The van der Waals surface area contributed by atoms with Crippen molar-refractivity contribution in [2.75, 3.05) is 0 Å². The average Bonchev–Trinajstić information content (AvgIpc) is 3.20. The number of phenolic OH excluding ortho intramolecular Hbond substituents is 1. The molecule has 1 aliphatic rings. The number of para-hydroxylation sites is 1. The largest absolute Gasteiger partial charge is 0.507 e. The summed E-state index contributed by atoms with van der Waals surface area (Å²) >= 11 is 1.50. The zero-order valence-corrected chi connectivity index (χ0v) is 17.9. The Kier molecular flexibility index (Phi) is 5.07. The lowest BCUT2D eigenvalue weighted by atomic mass is 9.83. The Labute approximate surface area is 179 Å². The van der Waals surface area contributed by atoms with E-state index in [1.807, 2.05) is 31.2 Å². The number of phenols is 1. The van der Waals surface area contributed by atoms with Gasteiger partial charge >= 0.3 is 0 Å². The van der Waals surface area contributed by atoms with Crippen LogP contribution in [0.25, 0.3) is 31.8 Å². The molecule has 2 heterocycles. The number of hydrogen-bond donors (Lipinski definition) is 1. The van der Waals surface area contributed by atoms with Gasteiger partial charge in [-0.25, -0.2) is 4.98 Å². The van der Waals surface area contributed by atoms with E-state index < -0.39 is 0 Å². The highest BCUT2D eigenvalue weighted by Gasteiger charge is 2.23. The summed E-state index contributed by atoms with van der Waals surface area (Å²) in [5.41, 5.74) is 3.43. The van der Waals surface area contributed by atoms with E-state index in [1.54, 1.807) is 6.07 Å². The predicted molar refractivity (Wildman–Crippen MR) is 122 cm³/mol. The summed E-state index contributed by atoms with van der Waals surface area (Å²) in [4.78, 5) is 18.1. The highest BCUT2D eigenvalue weighted by Crippen LogP contribution is 2.37. The maximum absolute atomic E-state index is 13.5. The number of nitrogens with zero attached hydrogens (tertiary/aromatic N) is 1. The average molecular weight is 420 g/mol. The molecule has 0 radical (unpaired) electrons. The van der Waals surface area contributed by atoms with E-state index in [2.05, 4.69) is 4.98 Å². The van der Waals surface area contributed by atoms with Gasteiger partial charge in [-0.3, -0.25) is 4.79 Å². The Balaban J connectivity index is 1.67. The first-order valence-corrected chi connectivity index (χ1v) is 11.6. The maximum atomic E-state index is 13.5. The van der Waals surface area contributed by atoms with Crippen LogP contribution in [0.5, 0.6) is 5.75 Å². The van der Waals surface area contributed by atoms with Crippen molar-refractivity contribution >= 4 is 32.5 Å². The van der Waals surface area contributed by atoms with Gasteiger partial charge in [0.05, 0.1) is 21.2 Å². The van der Waals surface area contributed by atoms with E-state index >= 15 is 0 Å². The third kappa shape index (κ3) is 3.31. The number of fused-ring (bicyclic) bond motifs is 2. The Morgan fingerprint density at radius 2 is 2.00 bits per heavy atom. The molecule has 0 unspecified atom stereocenters. The summed E-state index contributed by atoms with van der Waals surface area (Å²) in [5, 5.41) is 12.1. The second-order valence-electron chi connectivity index (χ2n) is 8.27. The maximum Gasteiger partial charge on any atom is 0.202 e. The van der Waals surface area contributed by atoms with Crippen molar-refractivity contribution in [1.82, 2.24) is 4.98 Å². The zero-order valence-electron chi connectivity index (χ0n) is 17.1. The Morgan fingerprint density at radius 1 is 1.20 bits per heavy atom. The van der Waals surface area contributed by atoms with Gasteiger partial charge in [-0.1, -0.05) is 51.2 Å². The molecule has 0 saturated heterocycles. The number of aromatic nitrogens is 1. The molecule has 1 saturated carbocycles. The fourth-order valence-corrected chi connectivity index (χ4v) is 5.63. The van der Waals surface area contributed by atoms with Crippen LogP contribution in [0, 0.1) is 5.92 Å². The third-order valence-electron chi connectivity index (χ3n) is 6.33. The van der Waals surface area contributed by atoms with Crippen molar-refractivity contribution in [3.63, 3.8) is 0 Å². The number of thiazole rings is 1. The zero-order chi connectivity index (χ0) is 20.7. The summed E-state index contributed by atoms with van der Waals surface area (Å²) in [6, 6.07) is 9.68. The molecule has 2 aromatic carbocycles. The molecule has 0 bridgehead atoms. The second kappa shape index (κ2) is 7.88. The molecule has 4 nitrogen and oxygen atoms in total. The Hall–Kier alpha value is -2.66. The molecule has 0 amide bonds. The van der Waals surface area contributed by atoms with Gasteiger partial charge in [0.15, 0.2) is 0 Å². The molecule has 1 aliphatic carbocycles. The van der Waals surface area contributed by atoms with Gasteiger partial charge in [0.2, 0.25) is 5.43 Å². The van der Waals surface area contributed by atoms with Crippen LogP contribution < -0.4 is 5.43 Å². The molecule has 1 N–H and O–H groups in total. The smallest absolute Gasteiger partial charge is 0.202 e. The van der Waals surface area contributed by atoms with Gasteiger partial charge in [-0.05, 0) is 42.5 Å². The number of rotatable bonds is 4. The van der Waals surface area contributed by atoms with Gasteiger partial charge in [0, 0.05) is 5.56 Å². The van der Waals surface area contributed by atoms with Crippen LogP contribution in [0.2, 0.25) is 0 Å². The second-order valence-corrected chi connectivity index (χ2v) is 9.30. The molecule has 154 valence electrons. The molecule has 5 heteroatoms. The fraction of sp³-hybridized carbons (Fsp3) is 0.360. The molecule has 0 spiro atoms. The van der Waals surface area contributed by atoms with Crippen LogP contribution in [0.15, 0.2) is 45.8 Å². The molecule has 0 aliphatic heterocycles. The quantitative estimate of drug-likeness (QED) is 0.412. The van der Waals surface area contributed by atoms with E-state index in [0.29, 0.717) is 39.6 Å². The van der Waals surface area contributed by atoms with Crippen LogP contribution in [0.1, 0.15) is 50.2 Å². The van der Waals surface area contributed by atoms with E-state index in [-0.39, 0.29) is 5.43 Å². The Morgan fingerprint density at radius 3 is 2.77 bits per heavy atom. The summed E-state index contributed by atoms with van der Waals surface area (Å²) in [7, 11) is 0. The van der Waals surface area contributed by atoms with Crippen molar-refractivity contribution in [3.05, 3.63) is 57.9 Å². The molecular weight excluding hydrogens is 394 g/mol. The monoisotopic (exact) mass is 419 g/mol. The van der Waals surface area contributed by atoms with Crippen molar-refractivity contribution in [1.29, 1.82) is 0 Å². The molecule has 1 fully saturated rings. The van der Waals surface area contributed by atoms with E-state index in [0.717, 1.165) is 27.8 Å². The highest BCUT2D eigenvalue weighted by atomic mass is 32.1. The van der Waals surface area contributed by atoms with Gasteiger partial charge < -0.3 is 9.52 Å². The van der Waals surface area contributed by atoms with Crippen molar-refractivity contribution in [3.8, 4) is 16.3 Å². The van der Waals surface area contributed by atoms with Gasteiger partial charge in [0.1, 0.15) is 22.6 Å². The first kappa shape index (κ1) is 19.3. The third-order valence-corrected chi connectivity index (χ3v) is 7.40. The lowest BCUT2D eigenvalue weighted by Gasteiger charge is -2.23. The predicted octanol–water partition coefficient (Wildman–Crippen LogP) is 6.46. The van der Waals surface area contributed by atoms with Gasteiger partial charge in [-0.2, -0.15) is 0 Å². The minimum atomic E-state index is -0.0742. The minimum Gasteiger partial charge on any atom is -0.507 e. The Bertz CT molecular complexity index is 1250. The van der Waals surface area contributed by atoms with E-state index in [4.69, 9.17) is 4.42 Å². The van der Waals surface area contributed by atoms with Crippen molar-refractivity contribution in [2.45, 2.75) is 51.9 Å². The highest BCUT2D eigenvalue weighted by molar-refractivity contribution is 7.21. The van der Waals surface area contributed by atoms with E-state index in [1.165, 1.54) is 49.7 Å². The van der Waals surface area contributed by atoms with Crippen LogP contribution in [-0.4, -0.2) is 10.1 Å². The van der Waals surface area contributed by atoms with Gasteiger partial charge in [0.25, 0.3) is 0 Å². The van der Waals surface area contributed by atoms with Crippen LogP contribution >= 0.6 is 11.3 Å². The summed E-state index contributed by atoms with van der Waals surface area (Å²) in [5.74, 6) is 0.834. The number of aryl methyl sites for hydroxylation is 1. The van der Waals surface area contributed by atoms with Crippen LogP contribution in [-0.2, 0) is 12.8 Å². The minimum absolute atomic E-state index is 0.0742. The molecular formula is C25H25NO3S. The molecule has 4 aromatic rings. The number of aromatic hydroxyl groups is 1. The van der Waals surface area contributed by atoms with Crippen LogP contribution in [0.4, 0.5) is 0 Å². The lowest BCUT2D eigenvalue weighted by Crippen LogP contribution is -2.12. The number of hydrogen-bond acceptors (Lipinski definition) is 5. The van der Waals surface area contributed by atoms with Crippen molar-refractivity contribution < 1.29 is 9.52 Å². The van der Waals surface area contributed by atoms with E-state index in [9.17, 15) is 9.90 Å². The van der Waals surface area contributed by atoms with Gasteiger partial charge in [-0.15, -0.1) is 11.3 Å². The molecule has 2 aromatic heterocycles. The van der Waals surface area contributed by atoms with Crippen LogP contribution in [0.3, 0.4) is 0 Å². The topological polar surface area (TPSA) is 63.3 Å². The molecule has 5 rings (SSSR count). The lowest BCUT2D eigenvalue weighted by molar-refractivity contribution is 0.350. The normalized spacial score (nSPS) is 15.2. The first-order chi connectivity index (χ1) is 14.7. The summed E-state index contributed by atoms with van der Waals surface area (Å²) in [6.07, 6.45) is 9.07. The molecule has 30 heavy (non-hydrogen) atoms.